The number of halogens is 4. The highest BCUT2D eigenvalue weighted by Crippen LogP contribution is 2.31. The van der Waals surface area contributed by atoms with Crippen LogP contribution >= 0.6 is 15.9 Å². The molecular formula is C16H18BrF3N4. The molecule has 0 radical (unpaired) electrons. The van der Waals surface area contributed by atoms with Crippen LogP contribution in [0.1, 0.15) is 31.5 Å². The summed E-state index contributed by atoms with van der Waals surface area (Å²) in [4.78, 5) is 7.72. The van der Waals surface area contributed by atoms with Gasteiger partial charge >= 0.3 is 6.18 Å². The highest BCUT2D eigenvalue weighted by molar-refractivity contribution is 9.10. The van der Waals surface area contributed by atoms with Crippen LogP contribution in [0.15, 0.2) is 28.7 Å². The Hall–Kier alpha value is -1.83. The van der Waals surface area contributed by atoms with Crippen LogP contribution in [0.3, 0.4) is 0 Å². The van der Waals surface area contributed by atoms with Crippen molar-refractivity contribution >= 4 is 33.4 Å². The maximum absolute atomic E-state index is 13.1. The molecule has 1 aromatic heterocycles. The molecule has 0 saturated carbocycles. The first-order valence-corrected chi connectivity index (χ1v) is 8.24. The van der Waals surface area contributed by atoms with Crippen molar-refractivity contribution in [1.82, 2.24) is 9.97 Å². The second kappa shape index (κ2) is 7.38. The molecule has 0 aliphatic rings. The molecule has 0 fully saturated rings. The summed E-state index contributed by atoms with van der Waals surface area (Å²) in [5.74, 6) is 0.0463. The van der Waals surface area contributed by atoms with Gasteiger partial charge in [-0.2, -0.15) is 18.2 Å². The average Bonchev–Trinajstić information content (AvgIpc) is 2.49. The lowest BCUT2D eigenvalue weighted by Gasteiger charge is -2.16. The standard InChI is InChI=1S/C16H18BrF3N4/c1-4-10(3)21-15-23-13(16(18,19)20)8-14(24-15)22-12-6-5-11(17)7-9(12)2/h5-8,10H,4H2,1-3H3,(H2,21,22,23,24)/t10-/m1/s1. The summed E-state index contributed by atoms with van der Waals surface area (Å²) >= 11 is 3.35. The van der Waals surface area contributed by atoms with E-state index in [2.05, 4.69) is 36.5 Å². The molecule has 0 unspecified atom stereocenters. The maximum Gasteiger partial charge on any atom is 0.433 e. The number of aromatic nitrogens is 2. The zero-order valence-electron chi connectivity index (χ0n) is 13.5. The van der Waals surface area contributed by atoms with E-state index in [1.54, 1.807) is 12.1 Å². The molecule has 0 aliphatic heterocycles. The highest BCUT2D eigenvalue weighted by atomic mass is 79.9. The molecule has 130 valence electrons. The van der Waals surface area contributed by atoms with Gasteiger partial charge in [-0.3, -0.25) is 0 Å². The molecule has 2 rings (SSSR count). The van der Waals surface area contributed by atoms with Gasteiger partial charge in [0.25, 0.3) is 0 Å². The molecule has 0 aliphatic carbocycles. The lowest BCUT2D eigenvalue weighted by molar-refractivity contribution is -0.141. The van der Waals surface area contributed by atoms with Crippen molar-refractivity contribution in [3.63, 3.8) is 0 Å². The van der Waals surface area contributed by atoms with E-state index < -0.39 is 11.9 Å². The summed E-state index contributed by atoms with van der Waals surface area (Å²) in [6.45, 7) is 5.64. The maximum atomic E-state index is 13.1. The van der Waals surface area contributed by atoms with Crippen LogP contribution in [0.4, 0.5) is 30.6 Å². The topological polar surface area (TPSA) is 49.8 Å². The van der Waals surface area contributed by atoms with E-state index in [1.165, 1.54) is 0 Å². The Morgan fingerprint density at radius 3 is 2.50 bits per heavy atom. The minimum Gasteiger partial charge on any atom is -0.352 e. The highest BCUT2D eigenvalue weighted by Gasteiger charge is 2.34. The van der Waals surface area contributed by atoms with E-state index in [-0.39, 0.29) is 17.8 Å². The first-order valence-electron chi connectivity index (χ1n) is 7.45. The Balaban J connectivity index is 2.38. The Labute approximate surface area is 147 Å². The Morgan fingerprint density at radius 1 is 1.21 bits per heavy atom. The van der Waals surface area contributed by atoms with Gasteiger partial charge in [0.15, 0.2) is 5.69 Å². The number of hydrogen-bond acceptors (Lipinski definition) is 4. The van der Waals surface area contributed by atoms with Crippen molar-refractivity contribution in [1.29, 1.82) is 0 Å². The van der Waals surface area contributed by atoms with Crippen LogP contribution in [0.5, 0.6) is 0 Å². The van der Waals surface area contributed by atoms with Crippen LogP contribution in [-0.2, 0) is 6.18 Å². The fraction of sp³-hybridized carbons (Fsp3) is 0.375. The molecule has 1 aromatic carbocycles. The lowest BCUT2D eigenvalue weighted by atomic mass is 10.2. The van der Waals surface area contributed by atoms with Gasteiger partial charge in [0.1, 0.15) is 5.82 Å². The van der Waals surface area contributed by atoms with Gasteiger partial charge in [0, 0.05) is 22.3 Å². The third-order valence-corrected chi connectivity index (χ3v) is 3.95. The minimum absolute atomic E-state index is 0.0317. The third kappa shape index (κ3) is 4.83. The van der Waals surface area contributed by atoms with Crippen molar-refractivity contribution in [3.05, 3.63) is 40.0 Å². The summed E-state index contributed by atoms with van der Waals surface area (Å²) < 4.78 is 40.2. The summed E-state index contributed by atoms with van der Waals surface area (Å²) in [6.07, 6.45) is -3.80. The Bertz CT molecular complexity index is 719. The first-order chi connectivity index (χ1) is 11.2. The SMILES string of the molecule is CC[C@@H](C)Nc1nc(Nc2ccc(Br)cc2C)cc(C(F)(F)F)n1. The van der Waals surface area contributed by atoms with E-state index in [0.717, 1.165) is 22.5 Å². The van der Waals surface area contributed by atoms with Crippen LogP contribution in [-0.4, -0.2) is 16.0 Å². The van der Waals surface area contributed by atoms with E-state index in [9.17, 15) is 13.2 Å². The normalized spacial score (nSPS) is 12.8. The largest absolute Gasteiger partial charge is 0.433 e. The number of rotatable bonds is 5. The summed E-state index contributed by atoms with van der Waals surface area (Å²) in [6, 6.07) is 6.32. The molecule has 2 N–H and O–H groups in total. The Kier molecular flexibility index (Phi) is 5.69. The quantitative estimate of drug-likeness (QED) is 0.690. The number of nitrogens with zero attached hydrogens (tertiary/aromatic N) is 2. The fourth-order valence-electron chi connectivity index (χ4n) is 1.95. The van der Waals surface area contributed by atoms with Crippen molar-refractivity contribution in [2.24, 2.45) is 0 Å². The number of anilines is 3. The van der Waals surface area contributed by atoms with Gasteiger partial charge in [0.05, 0.1) is 0 Å². The molecular weight excluding hydrogens is 385 g/mol. The zero-order chi connectivity index (χ0) is 17.9. The molecule has 24 heavy (non-hydrogen) atoms. The van der Waals surface area contributed by atoms with Crippen LogP contribution in [0, 0.1) is 6.92 Å². The predicted molar refractivity (Wildman–Crippen MR) is 92.6 cm³/mol. The predicted octanol–water partition coefficient (Wildman–Crippen LogP) is 5.52. The van der Waals surface area contributed by atoms with E-state index in [0.29, 0.717) is 5.69 Å². The van der Waals surface area contributed by atoms with Gasteiger partial charge in [-0.05, 0) is 44.0 Å². The molecule has 4 nitrogen and oxygen atoms in total. The van der Waals surface area contributed by atoms with Gasteiger partial charge in [-0.1, -0.05) is 22.9 Å². The lowest BCUT2D eigenvalue weighted by Crippen LogP contribution is -2.18. The molecule has 0 spiro atoms. The average molecular weight is 403 g/mol. The third-order valence-electron chi connectivity index (χ3n) is 3.46. The molecule has 0 amide bonds. The van der Waals surface area contributed by atoms with Crippen LogP contribution < -0.4 is 10.6 Å². The van der Waals surface area contributed by atoms with Crippen LogP contribution in [0.2, 0.25) is 0 Å². The molecule has 0 saturated heterocycles. The number of hydrogen-bond donors (Lipinski definition) is 2. The zero-order valence-corrected chi connectivity index (χ0v) is 15.1. The smallest absolute Gasteiger partial charge is 0.352 e. The second-order valence-corrected chi connectivity index (χ2v) is 6.41. The molecule has 8 heteroatoms. The first kappa shape index (κ1) is 18.5. The summed E-state index contributed by atoms with van der Waals surface area (Å²) in [5, 5.41) is 5.82. The summed E-state index contributed by atoms with van der Waals surface area (Å²) in [5.41, 5.74) is 0.577. The molecule has 1 atom stereocenters. The van der Waals surface area contributed by atoms with E-state index >= 15 is 0 Å². The number of benzene rings is 1. The second-order valence-electron chi connectivity index (χ2n) is 5.50. The minimum atomic E-state index is -4.54. The van der Waals surface area contributed by atoms with Crippen LogP contribution in [0.25, 0.3) is 0 Å². The van der Waals surface area contributed by atoms with Crippen molar-refractivity contribution in [2.45, 2.75) is 39.4 Å². The molecule has 0 bridgehead atoms. The monoisotopic (exact) mass is 402 g/mol. The van der Waals surface area contributed by atoms with Crippen molar-refractivity contribution in [2.75, 3.05) is 10.6 Å². The molecule has 1 heterocycles. The summed E-state index contributed by atoms with van der Waals surface area (Å²) in [7, 11) is 0. The van der Waals surface area contributed by atoms with Gasteiger partial charge in [-0.25, -0.2) is 4.98 Å². The van der Waals surface area contributed by atoms with Crippen molar-refractivity contribution in [3.8, 4) is 0 Å². The number of alkyl halides is 3. The van der Waals surface area contributed by atoms with Gasteiger partial charge < -0.3 is 10.6 Å². The van der Waals surface area contributed by atoms with E-state index in [1.807, 2.05) is 26.8 Å². The molecule has 2 aromatic rings. The fourth-order valence-corrected chi connectivity index (χ4v) is 2.42. The number of aryl methyl sites for hydroxylation is 1. The van der Waals surface area contributed by atoms with Gasteiger partial charge in [-0.15, -0.1) is 0 Å². The van der Waals surface area contributed by atoms with E-state index in [4.69, 9.17) is 0 Å². The Morgan fingerprint density at radius 2 is 1.92 bits per heavy atom. The number of nitrogens with one attached hydrogen (secondary N) is 2. The van der Waals surface area contributed by atoms with Gasteiger partial charge in [0.2, 0.25) is 5.95 Å². The van der Waals surface area contributed by atoms with Crippen molar-refractivity contribution < 1.29 is 13.2 Å².